The Labute approximate surface area is 183 Å². The molecule has 2 aromatic rings. The Balaban J connectivity index is 2.09. The van der Waals surface area contributed by atoms with E-state index in [1.54, 1.807) is 42.3 Å². The molecule has 7 nitrogen and oxygen atoms in total. The first-order chi connectivity index (χ1) is 14.7. The van der Waals surface area contributed by atoms with E-state index >= 15 is 0 Å². The lowest BCUT2D eigenvalue weighted by Crippen LogP contribution is -2.47. The van der Waals surface area contributed by atoms with Gasteiger partial charge in [0.15, 0.2) is 0 Å². The van der Waals surface area contributed by atoms with E-state index in [4.69, 9.17) is 4.74 Å². The van der Waals surface area contributed by atoms with E-state index in [9.17, 15) is 14.4 Å². The molecule has 2 N–H and O–H groups in total. The van der Waals surface area contributed by atoms with Crippen molar-refractivity contribution in [1.82, 2.24) is 10.2 Å². The molecule has 0 aliphatic heterocycles. The van der Waals surface area contributed by atoms with E-state index in [1.165, 1.54) is 6.92 Å². The second-order valence-electron chi connectivity index (χ2n) is 7.65. The summed E-state index contributed by atoms with van der Waals surface area (Å²) in [6, 6.07) is 13.4. The van der Waals surface area contributed by atoms with Crippen molar-refractivity contribution in [2.24, 2.45) is 5.92 Å². The van der Waals surface area contributed by atoms with Gasteiger partial charge in [0.05, 0.1) is 7.11 Å². The first-order valence-electron chi connectivity index (χ1n) is 10.3. The largest absolute Gasteiger partial charge is 0.497 e. The fraction of sp³-hybridized carbons (Fsp3) is 0.375. The fourth-order valence-corrected chi connectivity index (χ4v) is 3.14. The number of hydrogen-bond acceptors (Lipinski definition) is 4. The van der Waals surface area contributed by atoms with Crippen molar-refractivity contribution in [3.05, 3.63) is 59.7 Å². The number of hydrogen-bond donors (Lipinski definition) is 2. The average molecular weight is 426 g/mol. The van der Waals surface area contributed by atoms with Gasteiger partial charge in [0.1, 0.15) is 11.8 Å². The molecule has 0 aliphatic carbocycles. The lowest BCUT2D eigenvalue weighted by atomic mass is 10.0. The molecule has 0 fully saturated rings. The molecular formula is C24H31N3O4. The van der Waals surface area contributed by atoms with Crippen molar-refractivity contribution in [3.63, 3.8) is 0 Å². The van der Waals surface area contributed by atoms with Crippen LogP contribution < -0.4 is 15.4 Å². The zero-order valence-corrected chi connectivity index (χ0v) is 18.8. The van der Waals surface area contributed by atoms with E-state index in [1.807, 2.05) is 39.0 Å². The first-order valence-corrected chi connectivity index (χ1v) is 10.3. The maximum Gasteiger partial charge on any atom is 0.251 e. The third-order valence-corrected chi connectivity index (χ3v) is 4.98. The molecule has 31 heavy (non-hydrogen) atoms. The van der Waals surface area contributed by atoms with Gasteiger partial charge in [0, 0.05) is 31.3 Å². The number of nitrogens with one attached hydrogen (secondary N) is 2. The van der Waals surface area contributed by atoms with Gasteiger partial charge in [-0.15, -0.1) is 0 Å². The monoisotopic (exact) mass is 425 g/mol. The number of anilines is 1. The number of carbonyl (C=O) groups is 3. The summed E-state index contributed by atoms with van der Waals surface area (Å²) in [6.07, 6.45) is 0. The third kappa shape index (κ3) is 6.84. The quantitative estimate of drug-likeness (QED) is 0.644. The first kappa shape index (κ1) is 23.9. The van der Waals surface area contributed by atoms with Crippen LogP contribution in [0.5, 0.6) is 5.75 Å². The Bertz CT molecular complexity index is 909. The zero-order valence-electron chi connectivity index (χ0n) is 18.8. The Morgan fingerprint density at radius 1 is 1.06 bits per heavy atom. The highest BCUT2D eigenvalue weighted by Gasteiger charge is 2.25. The van der Waals surface area contributed by atoms with Crippen LogP contribution in [0.3, 0.4) is 0 Å². The normalized spacial score (nSPS) is 11.5. The van der Waals surface area contributed by atoms with Gasteiger partial charge in [0.2, 0.25) is 11.8 Å². The molecule has 1 unspecified atom stereocenters. The summed E-state index contributed by atoms with van der Waals surface area (Å²) < 4.78 is 5.11. The van der Waals surface area contributed by atoms with Crippen LogP contribution in [0.25, 0.3) is 0 Å². The van der Waals surface area contributed by atoms with Crippen LogP contribution in [0.4, 0.5) is 5.69 Å². The third-order valence-electron chi connectivity index (χ3n) is 4.98. The summed E-state index contributed by atoms with van der Waals surface area (Å²) in [5.74, 6) is -0.0871. The maximum atomic E-state index is 12.9. The van der Waals surface area contributed by atoms with Gasteiger partial charge in [-0.1, -0.05) is 26.0 Å². The summed E-state index contributed by atoms with van der Waals surface area (Å²) in [7, 11) is 1.56. The fourth-order valence-electron chi connectivity index (χ4n) is 3.14. The Hall–Kier alpha value is -3.35. The van der Waals surface area contributed by atoms with Crippen LogP contribution in [-0.2, 0) is 16.1 Å². The highest BCUT2D eigenvalue weighted by Crippen LogP contribution is 2.16. The van der Waals surface area contributed by atoms with E-state index in [-0.39, 0.29) is 23.6 Å². The summed E-state index contributed by atoms with van der Waals surface area (Å²) in [5, 5.41) is 5.70. The highest BCUT2D eigenvalue weighted by molar-refractivity contribution is 6.01. The van der Waals surface area contributed by atoms with Crippen LogP contribution >= 0.6 is 0 Å². The predicted octanol–water partition coefficient (Wildman–Crippen LogP) is 3.46. The number of nitrogens with zero attached hydrogens (tertiary/aromatic N) is 1. The van der Waals surface area contributed by atoms with E-state index in [0.29, 0.717) is 30.1 Å². The standard InChI is InChI=1S/C24H31N3O4/c1-6-27(17(4)28)15-18-8-7-9-20(14-18)25-24(30)22(16(2)3)26-23(29)19-10-12-21(31-5)13-11-19/h7-14,16,22H,6,15H2,1-5H3,(H,25,30)(H,26,29). The van der Waals surface area contributed by atoms with Gasteiger partial charge in [-0.3, -0.25) is 14.4 Å². The summed E-state index contributed by atoms with van der Waals surface area (Å²) in [4.78, 5) is 38.9. The summed E-state index contributed by atoms with van der Waals surface area (Å²) in [6.45, 7) is 8.29. The van der Waals surface area contributed by atoms with Crippen LogP contribution in [0.2, 0.25) is 0 Å². The van der Waals surface area contributed by atoms with E-state index in [0.717, 1.165) is 5.56 Å². The molecule has 0 heterocycles. The second-order valence-corrected chi connectivity index (χ2v) is 7.65. The Kier molecular flexibility index (Phi) is 8.61. The van der Waals surface area contributed by atoms with Gasteiger partial charge in [-0.05, 0) is 54.8 Å². The van der Waals surface area contributed by atoms with Gasteiger partial charge in [-0.25, -0.2) is 0 Å². The SMILES string of the molecule is CCN(Cc1cccc(NC(=O)C(NC(=O)c2ccc(OC)cc2)C(C)C)c1)C(C)=O. The lowest BCUT2D eigenvalue weighted by Gasteiger charge is -2.22. The van der Waals surface area contributed by atoms with E-state index < -0.39 is 6.04 Å². The molecule has 7 heteroatoms. The molecule has 0 radical (unpaired) electrons. The number of carbonyl (C=O) groups excluding carboxylic acids is 3. The minimum atomic E-state index is -0.706. The van der Waals surface area contributed by atoms with E-state index in [2.05, 4.69) is 10.6 Å². The minimum absolute atomic E-state index is 0.00180. The lowest BCUT2D eigenvalue weighted by molar-refractivity contribution is -0.129. The molecule has 0 saturated heterocycles. The molecule has 166 valence electrons. The average Bonchev–Trinajstić information content (AvgIpc) is 2.75. The summed E-state index contributed by atoms with van der Waals surface area (Å²) in [5.41, 5.74) is 1.98. The maximum absolute atomic E-state index is 12.9. The van der Waals surface area contributed by atoms with Gasteiger partial charge in [0.25, 0.3) is 5.91 Å². The second kappa shape index (κ2) is 11.2. The molecule has 0 bridgehead atoms. The Morgan fingerprint density at radius 3 is 2.29 bits per heavy atom. The van der Waals surface area contributed by atoms with Crippen molar-refractivity contribution >= 4 is 23.4 Å². The van der Waals surface area contributed by atoms with Crippen molar-refractivity contribution in [1.29, 1.82) is 0 Å². The number of rotatable bonds is 9. The van der Waals surface area contributed by atoms with Crippen molar-refractivity contribution < 1.29 is 19.1 Å². The van der Waals surface area contributed by atoms with Crippen molar-refractivity contribution in [3.8, 4) is 5.75 Å². The molecule has 2 aromatic carbocycles. The minimum Gasteiger partial charge on any atom is -0.497 e. The predicted molar refractivity (Wildman–Crippen MR) is 121 cm³/mol. The molecule has 0 aromatic heterocycles. The van der Waals surface area contributed by atoms with Crippen molar-refractivity contribution in [2.75, 3.05) is 19.0 Å². The van der Waals surface area contributed by atoms with Crippen molar-refractivity contribution in [2.45, 2.75) is 40.3 Å². The number of amides is 3. The van der Waals surface area contributed by atoms with Crippen LogP contribution in [-0.4, -0.2) is 42.3 Å². The molecule has 3 amide bonds. The number of ether oxygens (including phenoxy) is 1. The zero-order chi connectivity index (χ0) is 23.0. The number of benzene rings is 2. The highest BCUT2D eigenvalue weighted by atomic mass is 16.5. The molecule has 2 rings (SSSR count). The molecular weight excluding hydrogens is 394 g/mol. The Morgan fingerprint density at radius 2 is 1.74 bits per heavy atom. The number of methoxy groups -OCH3 is 1. The molecule has 0 spiro atoms. The van der Waals surface area contributed by atoms with Gasteiger partial charge < -0.3 is 20.3 Å². The van der Waals surface area contributed by atoms with Gasteiger partial charge in [-0.2, -0.15) is 0 Å². The topological polar surface area (TPSA) is 87.7 Å². The molecule has 1 atom stereocenters. The summed E-state index contributed by atoms with van der Waals surface area (Å²) >= 11 is 0. The van der Waals surface area contributed by atoms with Crippen LogP contribution in [0, 0.1) is 5.92 Å². The van der Waals surface area contributed by atoms with Crippen LogP contribution in [0.1, 0.15) is 43.6 Å². The van der Waals surface area contributed by atoms with Gasteiger partial charge >= 0.3 is 0 Å². The molecule has 0 saturated carbocycles. The smallest absolute Gasteiger partial charge is 0.251 e. The molecule has 0 aliphatic rings. The van der Waals surface area contributed by atoms with Crippen LogP contribution in [0.15, 0.2) is 48.5 Å².